The first-order chi connectivity index (χ1) is 11.9. The minimum absolute atomic E-state index is 0.0463. The molecule has 7 nitrogen and oxygen atoms in total. The Balaban J connectivity index is 2.26. The largest absolute Gasteiger partial charge is 0.479 e. The van der Waals surface area contributed by atoms with Crippen LogP contribution in [0.1, 0.15) is 5.56 Å². The lowest BCUT2D eigenvalue weighted by atomic mass is 10.2. The fourth-order valence-electron chi connectivity index (χ4n) is 1.99. The number of terminal acetylenes is 1. The van der Waals surface area contributed by atoms with E-state index in [0.717, 1.165) is 4.90 Å². The maximum atomic E-state index is 12.2. The Morgan fingerprint density at radius 2 is 2.00 bits per heavy atom. The first kappa shape index (κ1) is 19.0. The first-order valence-corrected chi connectivity index (χ1v) is 8.42. The van der Waals surface area contributed by atoms with Crippen molar-refractivity contribution in [3.63, 3.8) is 0 Å². The molecule has 25 heavy (non-hydrogen) atoms. The normalized spacial score (nSPS) is 15.1. The van der Waals surface area contributed by atoms with Crippen LogP contribution in [0.2, 0.25) is 0 Å². The molecule has 0 aromatic heterocycles. The summed E-state index contributed by atoms with van der Waals surface area (Å²) in [5.41, 5.74) is 0.667. The van der Waals surface area contributed by atoms with Crippen LogP contribution in [0.15, 0.2) is 26.8 Å². The number of methoxy groups -OCH3 is 1. The van der Waals surface area contributed by atoms with E-state index in [9.17, 15) is 14.4 Å². The number of rotatable bonds is 5. The number of benzene rings is 1. The lowest BCUT2D eigenvalue weighted by Crippen LogP contribution is -2.36. The van der Waals surface area contributed by atoms with Crippen molar-refractivity contribution in [3.8, 4) is 18.1 Å². The van der Waals surface area contributed by atoms with E-state index in [4.69, 9.17) is 11.2 Å². The molecule has 1 saturated heterocycles. The lowest BCUT2D eigenvalue weighted by Gasteiger charge is -2.10. The van der Waals surface area contributed by atoms with Crippen molar-refractivity contribution < 1.29 is 23.9 Å². The summed E-state index contributed by atoms with van der Waals surface area (Å²) in [5.74, 6) is 1.59. The monoisotopic (exact) mass is 470 g/mol. The van der Waals surface area contributed by atoms with E-state index < -0.39 is 24.5 Å². The second kappa shape index (κ2) is 8.18. The molecule has 1 aromatic carbocycles. The number of urea groups is 1. The third-order valence-corrected chi connectivity index (χ3v) is 4.29. The van der Waals surface area contributed by atoms with Gasteiger partial charge in [0.25, 0.3) is 5.91 Å². The van der Waals surface area contributed by atoms with E-state index >= 15 is 0 Å². The Morgan fingerprint density at radius 1 is 1.36 bits per heavy atom. The molecule has 2 rings (SSSR count). The molecule has 0 radical (unpaired) electrons. The molecule has 3 amide bonds. The van der Waals surface area contributed by atoms with Gasteiger partial charge in [-0.05, 0) is 55.6 Å². The molecule has 0 aliphatic carbocycles. The molecule has 1 heterocycles. The van der Waals surface area contributed by atoms with E-state index in [2.05, 4.69) is 47.8 Å². The summed E-state index contributed by atoms with van der Waals surface area (Å²) >= 11 is 6.72. The molecule has 1 aliphatic rings. The predicted molar refractivity (Wildman–Crippen MR) is 96.4 cm³/mol. The van der Waals surface area contributed by atoms with Gasteiger partial charge in [0.1, 0.15) is 24.6 Å². The van der Waals surface area contributed by atoms with Crippen molar-refractivity contribution in [1.82, 2.24) is 10.2 Å². The molecule has 9 heteroatoms. The van der Waals surface area contributed by atoms with Crippen LogP contribution in [0.25, 0.3) is 6.08 Å². The molecule has 0 atom stereocenters. The van der Waals surface area contributed by atoms with Gasteiger partial charge in [-0.3, -0.25) is 9.59 Å². The van der Waals surface area contributed by atoms with E-state index in [1.165, 1.54) is 13.2 Å². The van der Waals surface area contributed by atoms with Gasteiger partial charge in [-0.15, -0.1) is 6.42 Å². The van der Waals surface area contributed by atoms with Gasteiger partial charge in [-0.1, -0.05) is 5.92 Å². The van der Waals surface area contributed by atoms with E-state index in [1.54, 1.807) is 12.1 Å². The number of hydrogen-bond donors (Lipinski definition) is 1. The molecule has 0 spiro atoms. The van der Waals surface area contributed by atoms with Crippen molar-refractivity contribution in [3.05, 3.63) is 32.3 Å². The Morgan fingerprint density at radius 3 is 2.56 bits per heavy atom. The molecule has 130 valence electrons. The van der Waals surface area contributed by atoms with Crippen molar-refractivity contribution in [2.45, 2.75) is 0 Å². The summed E-state index contributed by atoms with van der Waals surface area (Å²) < 4.78 is 11.1. The number of carbonyl (C=O) groups is 3. The predicted octanol–water partition coefficient (Wildman–Crippen LogP) is 2.29. The summed E-state index contributed by atoms with van der Waals surface area (Å²) in [6.45, 7) is -0.348. The minimum atomic E-state index is -0.690. The summed E-state index contributed by atoms with van der Waals surface area (Å²) in [7, 11) is 1.18. The third-order valence-electron chi connectivity index (χ3n) is 3.11. The van der Waals surface area contributed by atoms with Crippen LogP contribution in [-0.4, -0.2) is 43.1 Å². The third kappa shape index (κ3) is 4.41. The minimum Gasteiger partial charge on any atom is -0.479 e. The van der Waals surface area contributed by atoms with Gasteiger partial charge in [-0.25, -0.2) is 9.69 Å². The average molecular weight is 472 g/mol. The number of ether oxygens (including phenoxy) is 2. The van der Waals surface area contributed by atoms with Gasteiger partial charge in [0.15, 0.2) is 0 Å². The van der Waals surface area contributed by atoms with Gasteiger partial charge >= 0.3 is 12.0 Å². The number of halogens is 2. The molecule has 0 saturated carbocycles. The van der Waals surface area contributed by atoms with Gasteiger partial charge in [0.05, 0.1) is 16.1 Å². The van der Waals surface area contributed by atoms with E-state index in [-0.39, 0.29) is 12.3 Å². The van der Waals surface area contributed by atoms with Gasteiger partial charge in [-0.2, -0.15) is 0 Å². The van der Waals surface area contributed by atoms with Crippen molar-refractivity contribution in [2.24, 2.45) is 0 Å². The van der Waals surface area contributed by atoms with Crippen LogP contribution in [-0.2, 0) is 14.3 Å². The summed E-state index contributed by atoms with van der Waals surface area (Å²) in [4.78, 5) is 36.1. The zero-order chi connectivity index (χ0) is 18.6. The van der Waals surface area contributed by atoms with E-state index in [0.29, 0.717) is 20.3 Å². The summed E-state index contributed by atoms with van der Waals surface area (Å²) in [6.07, 6.45) is 6.65. The molecule has 1 aromatic rings. The highest BCUT2D eigenvalue weighted by Gasteiger charge is 2.35. The highest BCUT2D eigenvalue weighted by atomic mass is 79.9. The number of nitrogens with zero attached hydrogens (tertiary/aromatic N) is 1. The van der Waals surface area contributed by atoms with Crippen molar-refractivity contribution in [1.29, 1.82) is 0 Å². The second-order valence-electron chi connectivity index (χ2n) is 4.76. The standard InChI is InChI=1S/C16H12Br2N2O5/c1-3-4-25-14-10(17)5-9(6-11(14)18)7-12-15(22)20(16(23)19-12)8-13(21)24-2/h1,5-7H,4,8H2,2H3,(H,19,23). The topological polar surface area (TPSA) is 84.9 Å². The summed E-state index contributed by atoms with van der Waals surface area (Å²) in [6, 6.07) is 2.71. The van der Waals surface area contributed by atoms with Gasteiger partial charge in [0.2, 0.25) is 0 Å². The first-order valence-electron chi connectivity index (χ1n) is 6.84. The number of nitrogens with one attached hydrogen (secondary N) is 1. The highest BCUT2D eigenvalue weighted by molar-refractivity contribution is 9.11. The quantitative estimate of drug-likeness (QED) is 0.308. The number of carbonyl (C=O) groups excluding carboxylic acids is 3. The lowest BCUT2D eigenvalue weighted by molar-refractivity contribution is -0.143. The van der Waals surface area contributed by atoms with Crippen LogP contribution < -0.4 is 10.1 Å². The Bertz CT molecular complexity index is 790. The van der Waals surface area contributed by atoms with Crippen molar-refractivity contribution in [2.75, 3.05) is 20.3 Å². The number of imide groups is 1. The molecule has 0 unspecified atom stereocenters. The fourth-order valence-corrected chi connectivity index (χ4v) is 3.44. The zero-order valence-corrected chi connectivity index (χ0v) is 16.1. The van der Waals surface area contributed by atoms with Gasteiger partial charge < -0.3 is 14.8 Å². The summed E-state index contributed by atoms with van der Waals surface area (Å²) in [5, 5.41) is 2.42. The van der Waals surface area contributed by atoms with Crippen LogP contribution in [0, 0.1) is 12.3 Å². The Hall–Kier alpha value is -2.31. The number of amides is 3. The maximum Gasteiger partial charge on any atom is 0.329 e. The number of esters is 1. The molecular weight excluding hydrogens is 460 g/mol. The highest BCUT2D eigenvalue weighted by Crippen LogP contribution is 2.35. The Kier molecular flexibility index (Phi) is 6.22. The smallest absolute Gasteiger partial charge is 0.329 e. The Labute approximate surface area is 160 Å². The molecule has 1 N–H and O–H groups in total. The molecule has 1 fully saturated rings. The van der Waals surface area contributed by atoms with Crippen LogP contribution in [0.5, 0.6) is 5.75 Å². The fraction of sp³-hybridized carbons (Fsp3) is 0.188. The number of hydrogen-bond acceptors (Lipinski definition) is 5. The second-order valence-corrected chi connectivity index (χ2v) is 6.47. The van der Waals surface area contributed by atoms with Crippen LogP contribution >= 0.6 is 31.9 Å². The van der Waals surface area contributed by atoms with Crippen LogP contribution in [0.3, 0.4) is 0 Å². The SMILES string of the molecule is C#CCOc1c(Br)cc(C=C2NC(=O)N(CC(=O)OC)C2=O)cc1Br. The average Bonchev–Trinajstić information content (AvgIpc) is 2.81. The molecular formula is C16H12Br2N2O5. The zero-order valence-electron chi connectivity index (χ0n) is 13.0. The van der Waals surface area contributed by atoms with Crippen LogP contribution in [0.4, 0.5) is 4.79 Å². The van der Waals surface area contributed by atoms with Crippen molar-refractivity contribution >= 4 is 55.8 Å². The molecule has 0 bridgehead atoms. The van der Waals surface area contributed by atoms with E-state index in [1.807, 2.05) is 0 Å². The maximum absolute atomic E-state index is 12.2. The molecule has 1 aliphatic heterocycles. The van der Waals surface area contributed by atoms with Gasteiger partial charge in [0, 0.05) is 0 Å².